The number of aromatic nitrogens is 1. The predicted octanol–water partition coefficient (Wildman–Crippen LogP) is 3.41. The number of rotatable bonds is 10. The van der Waals surface area contributed by atoms with Gasteiger partial charge in [-0.2, -0.15) is 0 Å². The molecule has 0 saturated carbocycles. The molecular formula is C23H29NO7. The van der Waals surface area contributed by atoms with Crippen molar-refractivity contribution in [3.8, 4) is 0 Å². The summed E-state index contributed by atoms with van der Waals surface area (Å²) in [5, 5.41) is 19.7. The van der Waals surface area contributed by atoms with Gasteiger partial charge in [0.25, 0.3) is 0 Å². The molecule has 4 atom stereocenters. The van der Waals surface area contributed by atoms with Crippen LogP contribution in [0.4, 0.5) is 0 Å². The number of carboxylic acids is 1. The van der Waals surface area contributed by atoms with Crippen LogP contribution < -0.4 is 0 Å². The van der Waals surface area contributed by atoms with Crippen LogP contribution in [0.2, 0.25) is 0 Å². The molecule has 1 aromatic heterocycles. The van der Waals surface area contributed by atoms with Crippen molar-refractivity contribution in [3.05, 3.63) is 48.2 Å². The molecule has 3 rings (SSSR count). The van der Waals surface area contributed by atoms with Crippen molar-refractivity contribution in [2.24, 2.45) is 0 Å². The van der Waals surface area contributed by atoms with E-state index in [1.54, 1.807) is 19.2 Å². The second-order valence-electron chi connectivity index (χ2n) is 7.67. The molecule has 1 saturated heterocycles. The summed E-state index contributed by atoms with van der Waals surface area (Å²) in [6.07, 6.45) is 5.23. The molecule has 1 aliphatic heterocycles. The van der Waals surface area contributed by atoms with Crippen LogP contribution in [-0.2, 0) is 19.0 Å². The molecule has 0 aliphatic carbocycles. The van der Waals surface area contributed by atoms with Gasteiger partial charge in [-0.25, -0.2) is 9.59 Å². The average Bonchev–Trinajstić information content (AvgIpc) is 3.17. The SMILES string of the molecule is CC1O[C@@H](OCCCCC/C=C/C(=O)O)C(O)C[C@H]1OC(=O)c1c[nH]c2ccccc12. The third-order valence-corrected chi connectivity index (χ3v) is 5.29. The van der Waals surface area contributed by atoms with Crippen LogP contribution in [0.1, 0.15) is 49.4 Å². The number of para-hydroxylation sites is 1. The number of hydrogen-bond donors (Lipinski definition) is 3. The Morgan fingerprint density at radius 2 is 2.06 bits per heavy atom. The zero-order valence-electron chi connectivity index (χ0n) is 17.5. The highest BCUT2D eigenvalue weighted by molar-refractivity contribution is 6.04. The molecule has 8 heteroatoms. The van der Waals surface area contributed by atoms with E-state index in [1.807, 2.05) is 24.3 Å². The summed E-state index contributed by atoms with van der Waals surface area (Å²) in [6, 6.07) is 7.48. The van der Waals surface area contributed by atoms with Gasteiger partial charge >= 0.3 is 11.9 Å². The van der Waals surface area contributed by atoms with Gasteiger partial charge in [0.15, 0.2) is 6.29 Å². The average molecular weight is 431 g/mol. The quantitative estimate of drug-likeness (QED) is 0.300. The topological polar surface area (TPSA) is 118 Å². The van der Waals surface area contributed by atoms with Gasteiger partial charge in [0.2, 0.25) is 0 Å². The largest absolute Gasteiger partial charge is 0.478 e. The normalized spacial score (nSPS) is 23.9. The van der Waals surface area contributed by atoms with Gasteiger partial charge in [-0.05, 0) is 32.3 Å². The van der Waals surface area contributed by atoms with Gasteiger partial charge in [-0.1, -0.05) is 30.7 Å². The first-order chi connectivity index (χ1) is 15.0. The van der Waals surface area contributed by atoms with Gasteiger partial charge in [0, 0.05) is 36.2 Å². The number of fused-ring (bicyclic) bond motifs is 1. The lowest BCUT2D eigenvalue weighted by Gasteiger charge is -2.37. The van der Waals surface area contributed by atoms with E-state index in [-0.39, 0.29) is 6.42 Å². The molecule has 1 fully saturated rings. The Bertz CT molecular complexity index is 906. The molecule has 0 amide bonds. The summed E-state index contributed by atoms with van der Waals surface area (Å²) in [4.78, 5) is 26.1. The fraction of sp³-hybridized carbons (Fsp3) is 0.478. The second-order valence-corrected chi connectivity index (χ2v) is 7.67. The van der Waals surface area contributed by atoms with Crippen LogP contribution >= 0.6 is 0 Å². The van der Waals surface area contributed by atoms with E-state index in [0.717, 1.165) is 36.2 Å². The van der Waals surface area contributed by atoms with E-state index in [0.29, 0.717) is 18.6 Å². The van der Waals surface area contributed by atoms with Gasteiger partial charge < -0.3 is 29.4 Å². The first kappa shape index (κ1) is 23.0. The van der Waals surface area contributed by atoms with Crippen molar-refractivity contribution in [3.63, 3.8) is 0 Å². The molecular weight excluding hydrogens is 402 g/mol. The summed E-state index contributed by atoms with van der Waals surface area (Å²) < 4.78 is 17.0. The molecule has 0 bridgehead atoms. The molecule has 1 aromatic carbocycles. The number of aliphatic carboxylic acids is 1. The molecule has 3 N–H and O–H groups in total. The Labute approximate surface area is 180 Å². The van der Waals surface area contributed by atoms with E-state index in [1.165, 1.54) is 0 Å². The maximum absolute atomic E-state index is 12.6. The fourth-order valence-corrected chi connectivity index (χ4v) is 3.59. The third-order valence-electron chi connectivity index (χ3n) is 5.29. The molecule has 0 radical (unpaired) electrons. The van der Waals surface area contributed by atoms with Crippen molar-refractivity contribution < 1.29 is 34.0 Å². The predicted molar refractivity (Wildman–Crippen MR) is 114 cm³/mol. The maximum atomic E-state index is 12.6. The first-order valence-corrected chi connectivity index (χ1v) is 10.6. The minimum Gasteiger partial charge on any atom is -0.478 e. The number of aliphatic hydroxyl groups excluding tert-OH is 1. The Hall–Kier alpha value is -2.68. The fourth-order valence-electron chi connectivity index (χ4n) is 3.59. The lowest BCUT2D eigenvalue weighted by molar-refractivity contribution is -0.260. The van der Waals surface area contributed by atoms with Crippen LogP contribution in [-0.4, -0.2) is 58.3 Å². The van der Waals surface area contributed by atoms with Crippen LogP contribution in [0.15, 0.2) is 42.6 Å². The van der Waals surface area contributed by atoms with Crippen molar-refractivity contribution in [2.45, 2.75) is 63.6 Å². The van der Waals surface area contributed by atoms with Crippen molar-refractivity contribution in [1.29, 1.82) is 0 Å². The molecule has 1 aliphatic rings. The monoisotopic (exact) mass is 431 g/mol. The van der Waals surface area contributed by atoms with Crippen LogP contribution in [0, 0.1) is 0 Å². The first-order valence-electron chi connectivity index (χ1n) is 10.6. The minimum atomic E-state index is -0.939. The zero-order chi connectivity index (χ0) is 22.2. The van der Waals surface area contributed by atoms with E-state index in [4.69, 9.17) is 19.3 Å². The number of H-pyrrole nitrogens is 1. The number of ether oxygens (including phenoxy) is 3. The van der Waals surface area contributed by atoms with Gasteiger partial charge in [-0.3, -0.25) is 0 Å². The number of hydrogen-bond acceptors (Lipinski definition) is 6. The number of aliphatic hydroxyl groups is 1. The van der Waals surface area contributed by atoms with Crippen molar-refractivity contribution >= 4 is 22.8 Å². The third kappa shape index (κ3) is 6.40. The van der Waals surface area contributed by atoms with Crippen LogP contribution in [0.5, 0.6) is 0 Å². The van der Waals surface area contributed by atoms with E-state index in [9.17, 15) is 14.7 Å². The number of nitrogens with one attached hydrogen (secondary N) is 1. The van der Waals surface area contributed by atoms with Crippen LogP contribution in [0.3, 0.4) is 0 Å². The highest BCUT2D eigenvalue weighted by Gasteiger charge is 2.38. The molecule has 2 heterocycles. The summed E-state index contributed by atoms with van der Waals surface area (Å²) in [6.45, 7) is 2.22. The summed E-state index contributed by atoms with van der Waals surface area (Å²) in [7, 11) is 0. The van der Waals surface area contributed by atoms with Gasteiger partial charge in [-0.15, -0.1) is 0 Å². The van der Waals surface area contributed by atoms with E-state index >= 15 is 0 Å². The summed E-state index contributed by atoms with van der Waals surface area (Å²) in [5.41, 5.74) is 1.31. The summed E-state index contributed by atoms with van der Waals surface area (Å²) in [5.74, 6) is -1.40. The summed E-state index contributed by atoms with van der Waals surface area (Å²) >= 11 is 0. The number of allylic oxidation sites excluding steroid dienone is 1. The van der Waals surface area contributed by atoms with E-state index in [2.05, 4.69) is 4.98 Å². The minimum absolute atomic E-state index is 0.236. The molecule has 2 unspecified atom stereocenters. The maximum Gasteiger partial charge on any atom is 0.340 e. The lowest BCUT2D eigenvalue weighted by Crippen LogP contribution is -2.48. The van der Waals surface area contributed by atoms with Gasteiger partial charge in [0.05, 0.1) is 11.7 Å². The number of carbonyl (C=O) groups is 2. The second kappa shape index (κ2) is 11.1. The highest BCUT2D eigenvalue weighted by Crippen LogP contribution is 2.26. The molecule has 168 valence electrons. The number of esters is 1. The Kier molecular flexibility index (Phi) is 8.22. The number of aromatic amines is 1. The zero-order valence-corrected chi connectivity index (χ0v) is 17.5. The van der Waals surface area contributed by atoms with Crippen molar-refractivity contribution in [1.82, 2.24) is 4.98 Å². The smallest absolute Gasteiger partial charge is 0.340 e. The lowest BCUT2D eigenvalue weighted by atomic mass is 10.0. The number of unbranched alkanes of at least 4 members (excludes halogenated alkanes) is 3. The molecule has 31 heavy (non-hydrogen) atoms. The van der Waals surface area contributed by atoms with E-state index < -0.39 is 36.5 Å². The highest BCUT2D eigenvalue weighted by atomic mass is 16.7. The van der Waals surface area contributed by atoms with Crippen LogP contribution in [0.25, 0.3) is 10.9 Å². The molecule has 2 aromatic rings. The molecule has 0 spiro atoms. The number of carboxylic acid groups (broad SMARTS) is 1. The van der Waals surface area contributed by atoms with Crippen molar-refractivity contribution in [2.75, 3.05) is 6.61 Å². The number of benzene rings is 1. The Balaban J connectivity index is 1.41. The molecule has 8 nitrogen and oxygen atoms in total. The number of carbonyl (C=O) groups excluding carboxylic acids is 1. The standard InChI is InChI=1S/C23H29NO7/c1-15-20(31-22(28)17-14-24-18-10-7-6-9-16(17)18)13-19(25)23(30-15)29-12-8-4-2-3-5-11-21(26)27/h5-7,9-11,14-15,19-20,23-25H,2-4,8,12-13H2,1H3,(H,26,27)/b11-5+/t15?,19?,20-,23-/m1/s1. The van der Waals surface area contributed by atoms with Gasteiger partial charge in [0.1, 0.15) is 12.2 Å². The Morgan fingerprint density at radius 3 is 2.87 bits per heavy atom. The Morgan fingerprint density at radius 1 is 1.26 bits per heavy atom.